The highest BCUT2D eigenvalue weighted by Gasteiger charge is 2.27. The second-order valence-corrected chi connectivity index (χ2v) is 9.30. The third kappa shape index (κ3) is 4.22. The molecular formula is C22H20F2N4O2S. The van der Waals surface area contributed by atoms with Crippen LogP contribution < -0.4 is 9.62 Å². The highest BCUT2D eigenvalue weighted by atomic mass is 32.2. The summed E-state index contributed by atoms with van der Waals surface area (Å²) in [4.78, 5) is 6.30. The van der Waals surface area contributed by atoms with Crippen molar-refractivity contribution in [2.75, 3.05) is 18.0 Å². The normalized spacial score (nSPS) is 15.2. The van der Waals surface area contributed by atoms with E-state index in [9.17, 15) is 22.5 Å². The smallest absolute Gasteiger partial charge is 0.240 e. The van der Waals surface area contributed by atoms with E-state index in [1.807, 2.05) is 4.90 Å². The van der Waals surface area contributed by atoms with E-state index in [4.69, 9.17) is 0 Å². The van der Waals surface area contributed by atoms with Crippen LogP contribution in [0.3, 0.4) is 0 Å². The Morgan fingerprint density at radius 1 is 1.13 bits per heavy atom. The fourth-order valence-corrected chi connectivity index (χ4v) is 5.27. The number of fused-ring (bicyclic) bond motifs is 1. The van der Waals surface area contributed by atoms with Gasteiger partial charge in [0.1, 0.15) is 17.7 Å². The van der Waals surface area contributed by atoms with Crippen LogP contribution in [0.2, 0.25) is 0 Å². The van der Waals surface area contributed by atoms with E-state index < -0.39 is 21.7 Å². The average molecular weight is 442 g/mol. The molecule has 6 nitrogen and oxygen atoms in total. The quantitative estimate of drug-likeness (QED) is 0.667. The van der Waals surface area contributed by atoms with Gasteiger partial charge in [0, 0.05) is 30.7 Å². The van der Waals surface area contributed by atoms with Crippen molar-refractivity contribution in [1.29, 1.82) is 5.26 Å². The van der Waals surface area contributed by atoms with Gasteiger partial charge >= 0.3 is 0 Å². The standard InChI is InChI=1S/C22H20F2N4O2S/c1-14-10-17(24)11-20-21(14)26-13-15(12-25)22(20)28-8-6-18(7-9-28)27-31(29,30)19-4-2-16(23)3-5-19/h2-5,10-11,13,18,27H,6-9H2,1H3. The van der Waals surface area contributed by atoms with E-state index in [0.29, 0.717) is 53.6 Å². The molecule has 0 aliphatic carbocycles. The van der Waals surface area contributed by atoms with E-state index in [-0.39, 0.29) is 10.9 Å². The molecule has 0 amide bonds. The molecule has 1 saturated heterocycles. The molecular weight excluding hydrogens is 422 g/mol. The third-order valence-corrected chi connectivity index (χ3v) is 7.01. The van der Waals surface area contributed by atoms with Crippen LogP contribution in [-0.4, -0.2) is 32.5 Å². The number of piperidine rings is 1. The van der Waals surface area contributed by atoms with Gasteiger partial charge in [-0.05, 0) is 61.7 Å². The molecule has 0 bridgehead atoms. The number of nitrogens with zero attached hydrogens (tertiary/aromatic N) is 3. The molecule has 1 aromatic heterocycles. The van der Waals surface area contributed by atoms with Gasteiger partial charge in [0.05, 0.1) is 21.7 Å². The molecule has 0 atom stereocenters. The van der Waals surface area contributed by atoms with Crippen molar-refractivity contribution in [2.24, 2.45) is 0 Å². The molecule has 2 aromatic carbocycles. The van der Waals surface area contributed by atoms with Gasteiger partial charge in [-0.1, -0.05) is 0 Å². The fraction of sp³-hybridized carbons (Fsp3) is 0.273. The summed E-state index contributed by atoms with van der Waals surface area (Å²) in [6.45, 7) is 2.74. The first-order chi connectivity index (χ1) is 14.8. The molecule has 2 heterocycles. The second-order valence-electron chi connectivity index (χ2n) is 7.59. The van der Waals surface area contributed by atoms with Crippen molar-refractivity contribution in [3.8, 4) is 6.07 Å². The van der Waals surface area contributed by atoms with Crippen LogP contribution in [0, 0.1) is 29.9 Å². The summed E-state index contributed by atoms with van der Waals surface area (Å²) in [6, 6.07) is 9.29. The zero-order valence-corrected chi connectivity index (χ0v) is 17.6. The number of aromatic nitrogens is 1. The molecule has 0 spiro atoms. The third-order valence-electron chi connectivity index (χ3n) is 5.48. The number of aryl methyl sites for hydroxylation is 1. The summed E-state index contributed by atoms with van der Waals surface area (Å²) in [5, 5.41) is 10.1. The van der Waals surface area contributed by atoms with Crippen molar-refractivity contribution >= 4 is 26.6 Å². The number of nitriles is 1. The lowest BCUT2D eigenvalue weighted by molar-refractivity contribution is 0.460. The molecule has 1 N–H and O–H groups in total. The number of sulfonamides is 1. The Morgan fingerprint density at radius 3 is 2.45 bits per heavy atom. The maximum absolute atomic E-state index is 14.1. The Bertz CT molecular complexity index is 1280. The maximum Gasteiger partial charge on any atom is 0.240 e. The van der Waals surface area contributed by atoms with Crippen molar-refractivity contribution in [3.63, 3.8) is 0 Å². The molecule has 0 radical (unpaired) electrons. The van der Waals surface area contributed by atoms with E-state index >= 15 is 0 Å². The van der Waals surface area contributed by atoms with E-state index in [2.05, 4.69) is 15.8 Å². The largest absolute Gasteiger partial charge is 0.370 e. The molecule has 1 fully saturated rings. The minimum Gasteiger partial charge on any atom is -0.370 e. The van der Waals surface area contributed by atoms with Crippen molar-refractivity contribution in [2.45, 2.75) is 30.7 Å². The number of halogens is 2. The van der Waals surface area contributed by atoms with Gasteiger partial charge < -0.3 is 4.90 Å². The lowest BCUT2D eigenvalue weighted by Crippen LogP contribution is -2.44. The van der Waals surface area contributed by atoms with Gasteiger partial charge in [-0.25, -0.2) is 21.9 Å². The number of hydrogen-bond donors (Lipinski definition) is 1. The molecule has 1 aliphatic heterocycles. The second kappa shape index (κ2) is 8.21. The van der Waals surface area contributed by atoms with Gasteiger partial charge in [0.15, 0.2) is 0 Å². The summed E-state index contributed by atoms with van der Waals surface area (Å²) in [7, 11) is -3.76. The number of pyridine rings is 1. The number of nitrogens with one attached hydrogen (secondary N) is 1. The first-order valence-corrected chi connectivity index (χ1v) is 11.3. The minimum atomic E-state index is -3.76. The molecule has 3 aromatic rings. The molecule has 9 heteroatoms. The first kappa shape index (κ1) is 21.2. The average Bonchev–Trinajstić information content (AvgIpc) is 2.73. The highest BCUT2D eigenvalue weighted by molar-refractivity contribution is 7.89. The first-order valence-electron chi connectivity index (χ1n) is 9.80. The van der Waals surface area contributed by atoms with Crippen molar-refractivity contribution in [1.82, 2.24) is 9.71 Å². The number of benzene rings is 2. The zero-order chi connectivity index (χ0) is 22.2. The van der Waals surface area contributed by atoms with Crippen LogP contribution in [0.25, 0.3) is 10.9 Å². The Balaban J connectivity index is 1.56. The van der Waals surface area contributed by atoms with Gasteiger partial charge in [0.25, 0.3) is 0 Å². The monoisotopic (exact) mass is 442 g/mol. The summed E-state index contributed by atoms with van der Waals surface area (Å²) < 4.78 is 55.0. The van der Waals surface area contributed by atoms with Gasteiger partial charge in [-0.15, -0.1) is 0 Å². The molecule has 160 valence electrons. The molecule has 1 aliphatic rings. The van der Waals surface area contributed by atoms with Crippen LogP contribution in [0.1, 0.15) is 24.0 Å². The molecule has 4 rings (SSSR count). The lowest BCUT2D eigenvalue weighted by atomic mass is 10.0. The van der Waals surface area contributed by atoms with Crippen LogP contribution in [-0.2, 0) is 10.0 Å². The SMILES string of the molecule is Cc1cc(F)cc2c(N3CCC(NS(=O)(=O)c4ccc(F)cc4)CC3)c(C#N)cnc12. The molecule has 31 heavy (non-hydrogen) atoms. The Morgan fingerprint density at radius 2 is 1.81 bits per heavy atom. The van der Waals surface area contributed by atoms with Gasteiger partial charge in [0.2, 0.25) is 10.0 Å². The Hall–Kier alpha value is -3.09. The minimum absolute atomic E-state index is 0.00849. The summed E-state index contributed by atoms with van der Waals surface area (Å²) in [5.41, 5.74) is 2.29. The number of rotatable bonds is 4. The van der Waals surface area contributed by atoms with Crippen LogP contribution >= 0.6 is 0 Å². The summed E-state index contributed by atoms with van der Waals surface area (Å²) in [5.74, 6) is -0.901. The predicted octanol–water partition coefficient (Wildman–Crippen LogP) is 3.64. The molecule has 0 unspecified atom stereocenters. The number of anilines is 1. The summed E-state index contributed by atoms with van der Waals surface area (Å²) in [6.07, 6.45) is 2.50. The van der Waals surface area contributed by atoms with Crippen molar-refractivity contribution in [3.05, 3.63) is 65.4 Å². The van der Waals surface area contributed by atoms with Crippen molar-refractivity contribution < 1.29 is 17.2 Å². The van der Waals surface area contributed by atoms with E-state index in [0.717, 1.165) is 12.1 Å². The predicted molar refractivity (Wildman–Crippen MR) is 113 cm³/mol. The van der Waals surface area contributed by atoms with Gasteiger partial charge in [-0.3, -0.25) is 4.98 Å². The summed E-state index contributed by atoms with van der Waals surface area (Å²) >= 11 is 0. The van der Waals surface area contributed by atoms with Crippen LogP contribution in [0.15, 0.2) is 47.5 Å². The number of hydrogen-bond acceptors (Lipinski definition) is 5. The van der Waals surface area contributed by atoms with E-state index in [1.54, 1.807) is 6.92 Å². The topological polar surface area (TPSA) is 86.1 Å². The van der Waals surface area contributed by atoms with Gasteiger partial charge in [-0.2, -0.15) is 5.26 Å². The Labute approximate surface area is 179 Å². The lowest BCUT2D eigenvalue weighted by Gasteiger charge is -2.35. The maximum atomic E-state index is 14.1. The van der Waals surface area contributed by atoms with Crippen LogP contribution in [0.4, 0.5) is 14.5 Å². The van der Waals surface area contributed by atoms with E-state index in [1.165, 1.54) is 30.5 Å². The Kier molecular flexibility index (Phi) is 5.60. The zero-order valence-electron chi connectivity index (χ0n) is 16.8. The van der Waals surface area contributed by atoms with Crippen LogP contribution in [0.5, 0.6) is 0 Å². The molecule has 0 saturated carbocycles. The highest BCUT2D eigenvalue weighted by Crippen LogP contribution is 2.33. The fourth-order valence-electron chi connectivity index (χ4n) is 3.97.